The average molecular weight is 340 g/mol. The Bertz CT molecular complexity index is 651. The van der Waals surface area contributed by atoms with Gasteiger partial charge < -0.3 is 10.4 Å². The minimum atomic E-state index is -1.02. The molecule has 0 aliphatic carbocycles. The van der Waals surface area contributed by atoms with Gasteiger partial charge in [-0.3, -0.25) is 4.79 Å². The largest absolute Gasteiger partial charge is 0.478 e. The molecule has 4 nitrogen and oxygen atoms in total. The van der Waals surface area contributed by atoms with Crippen molar-refractivity contribution >= 4 is 44.8 Å². The number of carboxylic acid groups (broad SMARTS) is 1. The van der Waals surface area contributed by atoms with Crippen LogP contribution in [0.4, 0.5) is 5.69 Å². The quantitative estimate of drug-likeness (QED) is 0.894. The number of rotatable bonds is 3. The SMILES string of the molecule is Cc1ccc(C(=O)O)cc1NC(=O)c1ccc(Br)s1. The fourth-order valence-corrected chi connectivity index (χ4v) is 2.79. The van der Waals surface area contributed by atoms with Crippen molar-refractivity contribution in [1.82, 2.24) is 0 Å². The van der Waals surface area contributed by atoms with Crippen LogP contribution in [-0.2, 0) is 0 Å². The standard InChI is InChI=1S/C13H10BrNO3S/c1-7-2-3-8(13(17)18)6-9(7)15-12(16)10-4-5-11(14)19-10/h2-6H,1H3,(H,15,16)(H,17,18). The molecule has 0 saturated heterocycles. The van der Waals surface area contributed by atoms with Crippen molar-refractivity contribution < 1.29 is 14.7 Å². The van der Waals surface area contributed by atoms with E-state index in [-0.39, 0.29) is 11.5 Å². The number of carboxylic acids is 1. The molecule has 0 aliphatic rings. The summed E-state index contributed by atoms with van der Waals surface area (Å²) in [6, 6.07) is 8.14. The smallest absolute Gasteiger partial charge is 0.335 e. The molecule has 0 radical (unpaired) electrons. The molecule has 98 valence electrons. The van der Waals surface area contributed by atoms with E-state index in [0.29, 0.717) is 10.6 Å². The third kappa shape index (κ3) is 3.21. The first-order valence-corrected chi connectivity index (χ1v) is 6.99. The first-order chi connectivity index (χ1) is 8.97. The van der Waals surface area contributed by atoms with Gasteiger partial charge in [-0.1, -0.05) is 6.07 Å². The number of carbonyl (C=O) groups excluding carboxylic acids is 1. The first-order valence-electron chi connectivity index (χ1n) is 5.38. The van der Waals surface area contributed by atoms with Crippen LogP contribution < -0.4 is 5.32 Å². The number of carbonyl (C=O) groups is 2. The number of hydrogen-bond acceptors (Lipinski definition) is 3. The summed E-state index contributed by atoms with van der Waals surface area (Å²) in [7, 11) is 0. The summed E-state index contributed by atoms with van der Waals surface area (Å²) < 4.78 is 0.869. The fourth-order valence-electron chi connectivity index (χ4n) is 1.51. The Hall–Kier alpha value is -1.66. The molecular formula is C13H10BrNO3S. The number of nitrogens with one attached hydrogen (secondary N) is 1. The predicted octanol–water partition coefficient (Wildman–Crippen LogP) is 3.77. The average Bonchev–Trinajstić information content (AvgIpc) is 2.78. The molecule has 0 fully saturated rings. The van der Waals surface area contributed by atoms with Gasteiger partial charge in [0.15, 0.2) is 0 Å². The highest BCUT2D eigenvalue weighted by Crippen LogP contribution is 2.24. The number of aromatic carboxylic acids is 1. The molecule has 1 aromatic carbocycles. The van der Waals surface area contributed by atoms with Gasteiger partial charge in [0.05, 0.1) is 14.2 Å². The number of amides is 1. The minimum absolute atomic E-state index is 0.147. The van der Waals surface area contributed by atoms with E-state index in [1.165, 1.54) is 23.5 Å². The van der Waals surface area contributed by atoms with Crippen LogP contribution in [0.3, 0.4) is 0 Å². The van der Waals surface area contributed by atoms with Crippen LogP contribution in [0.5, 0.6) is 0 Å². The number of aryl methyl sites for hydroxylation is 1. The number of anilines is 1. The summed E-state index contributed by atoms with van der Waals surface area (Å²) in [6.45, 7) is 1.81. The zero-order valence-corrected chi connectivity index (χ0v) is 12.3. The van der Waals surface area contributed by atoms with Gasteiger partial charge in [-0.15, -0.1) is 11.3 Å². The van der Waals surface area contributed by atoms with Gasteiger partial charge in [0, 0.05) is 5.69 Å². The Kier molecular flexibility index (Phi) is 4.01. The molecule has 0 bridgehead atoms. The zero-order valence-electron chi connectivity index (χ0n) is 9.94. The van der Waals surface area contributed by atoms with E-state index in [0.717, 1.165) is 9.35 Å². The van der Waals surface area contributed by atoms with E-state index in [1.807, 2.05) is 6.92 Å². The first kappa shape index (κ1) is 13.8. The number of benzene rings is 1. The molecule has 0 spiro atoms. The number of halogens is 1. The Morgan fingerprint density at radius 1 is 1.26 bits per heavy atom. The van der Waals surface area contributed by atoms with Gasteiger partial charge in [0.2, 0.25) is 0 Å². The molecule has 6 heteroatoms. The summed E-state index contributed by atoms with van der Waals surface area (Å²) in [5, 5.41) is 11.7. The van der Waals surface area contributed by atoms with Crippen molar-refractivity contribution in [3.8, 4) is 0 Å². The van der Waals surface area contributed by atoms with Gasteiger partial charge in [0.25, 0.3) is 5.91 Å². The van der Waals surface area contributed by atoms with Crippen LogP contribution in [0.15, 0.2) is 34.1 Å². The third-order valence-corrected chi connectivity index (χ3v) is 4.15. The maximum atomic E-state index is 12.0. The van der Waals surface area contributed by atoms with Crippen LogP contribution in [0.1, 0.15) is 25.6 Å². The molecule has 0 saturated carbocycles. The van der Waals surface area contributed by atoms with Crippen LogP contribution in [-0.4, -0.2) is 17.0 Å². The van der Waals surface area contributed by atoms with Gasteiger partial charge in [-0.2, -0.15) is 0 Å². The Morgan fingerprint density at radius 3 is 2.58 bits per heavy atom. The van der Waals surface area contributed by atoms with Crippen LogP contribution in [0.25, 0.3) is 0 Å². The highest BCUT2D eigenvalue weighted by atomic mass is 79.9. The normalized spacial score (nSPS) is 10.2. The van der Waals surface area contributed by atoms with E-state index in [1.54, 1.807) is 18.2 Å². The van der Waals surface area contributed by atoms with Crippen molar-refractivity contribution in [1.29, 1.82) is 0 Å². The molecule has 0 unspecified atom stereocenters. The summed E-state index contributed by atoms with van der Waals surface area (Å²) in [6.07, 6.45) is 0. The highest BCUT2D eigenvalue weighted by molar-refractivity contribution is 9.11. The second-order valence-electron chi connectivity index (χ2n) is 3.89. The molecule has 0 atom stereocenters. The molecule has 2 N–H and O–H groups in total. The maximum Gasteiger partial charge on any atom is 0.335 e. The lowest BCUT2D eigenvalue weighted by Gasteiger charge is -2.08. The summed E-state index contributed by atoms with van der Waals surface area (Å²) in [5.41, 5.74) is 1.47. The topological polar surface area (TPSA) is 66.4 Å². The molecule has 2 rings (SSSR count). The highest BCUT2D eigenvalue weighted by Gasteiger charge is 2.12. The van der Waals surface area contributed by atoms with Crippen molar-refractivity contribution in [2.75, 3.05) is 5.32 Å². The van der Waals surface area contributed by atoms with Crippen molar-refractivity contribution in [2.45, 2.75) is 6.92 Å². The predicted molar refractivity (Wildman–Crippen MR) is 78.1 cm³/mol. The molecule has 1 amide bonds. The monoisotopic (exact) mass is 339 g/mol. The van der Waals surface area contributed by atoms with E-state index in [4.69, 9.17) is 5.11 Å². The molecular weight excluding hydrogens is 330 g/mol. The van der Waals surface area contributed by atoms with E-state index < -0.39 is 5.97 Å². The molecule has 1 aromatic heterocycles. The fraction of sp³-hybridized carbons (Fsp3) is 0.0769. The maximum absolute atomic E-state index is 12.0. The molecule has 0 aliphatic heterocycles. The lowest BCUT2D eigenvalue weighted by molar-refractivity contribution is 0.0696. The van der Waals surface area contributed by atoms with Crippen LogP contribution in [0.2, 0.25) is 0 Å². The Labute approximate surface area is 122 Å². The van der Waals surface area contributed by atoms with Crippen molar-refractivity contribution in [2.24, 2.45) is 0 Å². The van der Waals surface area contributed by atoms with Crippen LogP contribution >= 0.6 is 27.3 Å². The van der Waals surface area contributed by atoms with Gasteiger partial charge >= 0.3 is 5.97 Å². The van der Waals surface area contributed by atoms with Crippen LogP contribution in [0, 0.1) is 6.92 Å². The summed E-state index contributed by atoms with van der Waals surface area (Å²) in [4.78, 5) is 23.5. The van der Waals surface area contributed by atoms with E-state index in [2.05, 4.69) is 21.2 Å². The van der Waals surface area contributed by atoms with E-state index in [9.17, 15) is 9.59 Å². The Morgan fingerprint density at radius 2 is 2.00 bits per heavy atom. The lowest BCUT2D eigenvalue weighted by atomic mass is 10.1. The summed E-state index contributed by atoms with van der Waals surface area (Å²) in [5.74, 6) is -1.27. The number of hydrogen-bond donors (Lipinski definition) is 2. The van der Waals surface area contributed by atoms with Gasteiger partial charge in [0.1, 0.15) is 0 Å². The third-order valence-electron chi connectivity index (χ3n) is 2.53. The van der Waals surface area contributed by atoms with Gasteiger partial charge in [-0.05, 0) is 52.7 Å². The number of thiophene rings is 1. The molecule has 19 heavy (non-hydrogen) atoms. The Balaban J connectivity index is 2.25. The molecule has 2 aromatic rings. The molecule has 1 heterocycles. The van der Waals surface area contributed by atoms with Crippen molar-refractivity contribution in [3.05, 3.63) is 50.1 Å². The van der Waals surface area contributed by atoms with E-state index >= 15 is 0 Å². The van der Waals surface area contributed by atoms with Crippen molar-refractivity contribution in [3.63, 3.8) is 0 Å². The zero-order chi connectivity index (χ0) is 14.0. The van der Waals surface area contributed by atoms with Gasteiger partial charge in [-0.25, -0.2) is 4.79 Å². The second kappa shape index (κ2) is 5.54. The minimum Gasteiger partial charge on any atom is -0.478 e. The second-order valence-corrected chi connectivity index (χ2v) is 6.36. The lowest BCUT2D eigenvalue weighted by Crippen LogP contribution is -2.12. The summed E-state index contributed by atoms with van der Waals surface area (Å²) >= 11 is 4.61.